The maximum absolute atomic E-state index is 4.20. The second-order valence-corrected chi connectivity index (χ2v) is 5.00. The van der Waals surface area contributed by atoms with Gasteiger partial charge >= 0.3 is 0 Å². The van der Waals surface area contributed by atoms with E-state index in [1.807, 2.05) is 12.4 Å². The third-order valence-corrected chi connectivity index (χ3v) is 3.70. The zero-order chi connectivity index (χ0) is 12.4. The van der Waals surface area contributed by atoms with E-state index in [0.29, 0.717) is 6.04 Å². The van der Waals surface area contributed by atoms with Crippen molar-refractivity contribution in [2.75, 3.05) is 24.5 Å². The van der Waals surface area contributed by atoms with Crippen molar-refractivity contribution in [2.24, 2.45) is 0 Å². The molecule has 94 valence electrons. The van der Waals surface area contributed by atoms with Gasteiger partial charge in [0, 0.05) is 54.5 Å². The number of benzene rings is 1. The van der Waals surface area contributed by atoms with Crippen LogP contribution in [-0.4, -0.2) is 30.7 Å². The summed E-state index contributed by atoms with van der Waals surface area (Å²) in [5.41, 5.74) is 1.34. The van der Waals surface area contributed by atoms with Gasteiger partial charge in [-0.3, -0.25) is 4.98 Å². The zero-order valence-corrected chi connectivity index (χ0v) is 10.8. The summed E-state index contributed by atoms with van der Waals surface area (Å²) < 4.78 is 0. The summed E-state index contributed by atoms with van der Waals surface area (Å²) in [6, 6.07) is 9.21. The van der Waals surface area contributed by atoms with Gasteiger partial charge in [0.2, 0.25) is 0 Å². The van der Waals surface area contributed by atoms with Crippen molar-refractivity contribution in [3.63, 3.8) is 0 Å². The van der Waals surface area contributed by atoms with Gasteiger partial charge in [-0.25, -0.2) is 0 Å². The van der Waals surface area contributed by atoms with Crippen LogP contribution in [0.5, 0.6) is 0 Å². The molecule has 18 heavy (non-hydrogen) atoms. The summed E-state index contributed by atoms with van der Waals surface area (Å²) >= 11 is 0. The van der Waals surface area contributed by atoms with Gasteiger partial charge in [0.15, 0.2) is 0 Å². The van der Waals surface area contributed by atoms with Crippen molar-refractivity contribution >= 4 is 16.5 Å². The maximum atomic E-state index is 4.20. The smallest absolute Gasteiger partial charge is 0.0447 e. The van der Waals surface area contributed by atoms with E-state index < -0.39 is 0 Å². The van der Waals surface area contributed by atoms with E-state index in [1.54, 1.807) is 0 Å². The predicted molar refractivity (Wildman–Crippen MR) is 76.0 cm³/mol. The summed E-state index contributed by atoms with van der Waals surface area (Å²) in [6.07, 6.45) is 5.02. The Morgan fingerprint density at radius 1 is 1.28 bits per heavy atom. The van der Waals surface area contributed by atoms with Gasteiger partial charge in [0.25, 0.3) is 0 Å². The largest absolute Gasteiger partial charge is 0.370 e. The Hall–Kier alpha value is -1.61. The van der Waals surface area contributed by atoms with Crippen LogP contribution in [0.15, 0.2) is 36.7 Å². The van der Waals surface area contributed by atoms with Crippen LogP contribution >= 0.6 is 0 Å². The van der Waals surface area contributed by atoms with Crippen molar-refractivity contribution in [3.05, 3.63) is 36.7 Å². The lowest BCUT2D eigenvalue weighted by molar-refractivity contribution is 0.566. The molecule has 0 amide bonds. The molecule has 1 atom stereocenters. The molecule has 3 rings (SSSR count). The van der Waals surface area contributed by atoms with Gasteiger partial charge in [0.05, 0.1) is 0 Å². The number of hydrogen-bond donors (Lipinski definition) is 1. The average molecular weight is 241 g/mol. The number of hydrogen-bond acceptors (Lipinski definition) is 3. The van der Waals surface area contributed by atoms with Crippen molar-refractivity contribution < 1.29 is 0 Å². The Kier molecular flexibility index (Phi) is 3.15. The fraction of sp³-hybridized carbons (Fsp3) is 0.400. The Labute approximate surface area is 108 Å². The molecule has 2 aromatic rings. The van der Waals surface area contributed by atoms with Crippen LogP contribution < -0.4 is 10.2 Å². The highest BCUT2D eigenvalue weighted by Crippen LogP contribution is 2.26. The second kappa shape index (κ2) is 4.94. The summed E-state index contributed by atoms with van der Waals surface area (Å²) in [5.74, 6) is 0. The minimum Gasteiger partial charge on any atom is -0.370 e. The molecule has 1 N–H and O–H groups in total. The summed E-state index contributed by atoms with van der Waals surface area (Å²) in [7, 11) is 0. The second-order valence-electron chi connectivity index (χ2n) is 5.00. The number of nitrogens with one attached hydrogen (secondary N) is 1. The van der Waals surface area contributed by atoms with E-state index in [-0.39, 0.29) is 0 Å². The number of anilines is 1. The standard InChI is InChI=1S/C15H19N3/c1-12-6-9-18(10-8-17-12)15-4-2-3-13-11-16-7-5-14(13)15/h2-5,7,11-12,17H,6,8-10H2,1H3. The van der Waals surface area contributed by atoms with E-state index in [2.05, 4.69) is 46.4 Å². The van der Waals surface area contributed by atoms with Crippen LogP contribution in [0, 0.1) is 0 Å². The molecule has 0 spiro atoms. The van der Waals surface area contributed by atoms with E-state index in [0.717, 1.165) is 19.6 Å². The van der Waals surface area contributed by atoms with Gasteiger partial charge in [-0.15, -0.1) is 0 Å². The van der Waals surface area contributed by atoms with Gasteiger partial charge in [-0.2, -0.15) is 0 Å². The summed E-state index contributed by atoms with van der Waals surface area (Å²) in [5, 5.41) is 6.07. The summed E-state index contributed by atoms with van der Waals surface area (Å²) in [6.45, 7) is 5.51. The first-order valence-corrected chi connectivity index (χ1v) is 6.65. The normalized spacial score (nSPS) is 20.9. The molecule has 1 aliphatic rings. The first kappa shape index (κ1) is 11.5. The molecule has 3 nitrogen and oxygen atoms in total. The third kappa shape index (κ3) is 2.18. The number of fused-ring (bicyclic) bond motifs is 1. The van der Waals surface area contributed by atoms with Crippen molar-refractivity contribution in [2.45, 2.75) is 19.4 Å². The molecule has 0 aliphatic carbocycles. The fourth-order valence-corrected chi connectivity index (χ4v) is 2.63. The minimum atomic E-state index is 0.617. The van der Waals surface area contributed by atoms with Gasteiger partial charge in [0.1, 0.15) is 0 Å². The molecular formula is C15H19N3. The minimum absolute atomic E-state index is 0.617. The van der Waals surface area contributed by atoms with E-state index in [4.69, 9.17) is 0 Å². The highest BCUT2D eigenvalue weighted by Gasteiger charge is 2.15. The average Bonchev–Trinajstić information content (AvgIpc) is 2.63. The Bertz CT molecular complexity index is 533. The van der Waals surface area contributed by atoms with E-state index >= 15 is 0 Å². The molecule has 1 unspecified atom stereocenters. The number of nitrogens with zero attached hydrogens (tertiary/aromatic N) is 2. The van der Waals surface area contributed by atoms with Crippen LogP contribution in [0.1, 0.15) is 13.3 Å². The molecule has 1 aliphatic heterocycles. The van der Waals surface area contributed by atoms with Crippen LogP contribution in [-0.2, 0) is 0 Å². The van der Waals surface area contributed by atoms with Gasteiger partial charge in [-0.1, -0.05) is 12.1 Å². The van der Waals surface area contributed by atoms with Crippen LogP contribution in [0.3, 0.4) is 0 Å². The van der Waals surface area contributed by atoms with Crippen molar-refractivity contribution in [1.82, 2.24) is 10.3 Å². The van der Waals surface area contributed by atoms with Crippen LogP contribution in [0.25, 0.3) is 10.8 Å². The molecular weight excluding hydrogens is 222 g/mol. The number of rotatable bonds is 1. The quantitative estimate of drug-likeness (QED) is 0.831. The molecule has 0 saturated carbocycles. The molecule has 3 heteroatoms. The maximum Gasteiger partial charge on any atom is 0.0447 e. The Morgan fingerprint density at radius 2 is 2.22 bits per heavy atom. The van der Waals surface area contributed by atoms with Gasteiger partial charge < -0.3 is 10.2 Å². The SMILES string of the molecule is CC1CCN(c2cccc3cnccc23)CCN1. The molecule has 1 aromatic heterocycles. The first-order valence-electron chi connectivity index (χ1n) is 6.65. The molecule has 2 heterocycles. The number of pyridine rings is 1. The van der Waals surface area contributed by atoms with Crippen molar-refractivity contribution in [3.8, 4) is 0 Å². The van der Waals surface area contributed by atoms with Gasteiger partial charge in [-0.05, 0) is 25.5 Å². The van der Waals surface area contributed by atoms with Crippen LogP contribution in [0.2, 0.25) is 0 Å². The molecule has 1 saturated heterocycles. The third-order valence-electron chi connectivity index (χ3n) is 3.70. The topological polar surface area (TPSA) is 28.2 Å². The summed E-state index contributed by atoms with van der Waals surface area (Å²) in [4.78, 5) is 6.68. The number of aromatic nitrogens is 1. The predicted octanol–water partition coefficient (Wildman–Crippen LogP) is 2.42. The molecule has 0 radical (unpaired) electrons. The zero-order valence-electron chi connectivity index (χ0n) is 10.8. The lowest BCUT2D eigenvalue weighted by atomic mass is 10.1. The fourth-order valence-electron chi connectivity index (χ4n) is 2.63. The lowest BCUT2D eigenvalue weighted by Crippen LogP contribution is -2.29. The highest BCUT2D eigenvalue weighted by molar-refractivity contribution is 5.93. The Balaban J connectivity index is 1.98. The molecule has 1 fully saturated rings. The highest BCUT2D eigenvalue weighted by atomic mass is 15.2. The molecule has 0 bridgehead atoms. The Morgan fingerprint density at radius 3 is 3.17 bits per heavy atom. The van der Waals surface area contributed by atoms with E-state index in [9.17, 15) is 0 Å². The molecule has 1 aromatic carbocycles. The first-order chi connectivity index (χ1) is 8.84. The van der Waals surface area contributed by atoms with Crippen LogP contribution in [0.4, 0.5) is 5.69 Å². The van der Waals surface area contributed by atoms with Crippen molar-refractivity contribution in [1.29, 1.82) is 0 Å². The van der Waals surface area contributed by atoms with E-state index in [1.165, 1.54) is 22.9 Å². The monoisotopic (exact) mass is 241 g/mol. The lowest BCUT2D eigenvalue weighted by Gasteiger charge is -2.24.